The third kappa shape index (κ3) is 6.29. The number of benzene rings is 2. The summed E-state index contributed by atoms with van der Waals surface area (Å²) in [6, 6.07) is 14.6. The molecule has 25 heavy (non-hydrogen) atoms. The summed E-state index contributed by atoms with van der Waals surface area (Å²) in [5.74, 6) is 0.103. The Hall–Kier alpha value is -2.83. The minimum Gasteiger partial charge on any atom is -0.464 e. The summed E-state index contributed by atoms with van der Waals surface area (Å²) in [5, 5.41) is 17.7. The maximum absolute atomic E-state index is 11.7. The standard InChI is InChI=1S/C19H20O6/c20-13-24-17-8-6-16(12-18(17)25-14-21)7-9-19(22)23-11-10-15-4-2-1-3-5-15/h1-9,12,20-21H,10-11,13-14H2/b9-7+. The van der Waals surface area contributed by atoms with E-state index in [9.17, 15) is 4.79 Å². The highest BCUT2D eigenvalue weighted by Crippen LogP contribution is 2.28. The average Bonchev–Trinajstić information content (AvgIpc) is 2.63. The maximum Gasteiger partial charge on any atom is 0.330 e. The number of carbonyl (C=O) groups is 1. The Morgan fingerprint density at radius 2 is 1.68 bits per heavy atom. The second-order valence-electron chi connectivity index (χ2n) is 4.99. The Labute approximate surface area is 145 Å². The van der Waals surface area contributed by atoms with Crippen LogP contribution in [0.1, 0.15) is 11.1 Å². The Kier molecular flexibility index (Phi) is 7.49. The number of aliphatic hydroxyl groups is 2. The van der Waals surface area contributed by atoms with Crippen molar-refractivity contribution in [3.63, 3.8) is 0 Å². The van der Waals surface area contributed by atoms with Gasteiger partial charge in [0.25, 0.3) is 0 Å². The van der Waals surface area contributed by atoms with Crippen LogP contribution in [0.15, 0.2) is 54.6 Å². The fourth-order valence-corrected chi connectivity index (χ4v) is 2.13. The van der Waals surface area contributed by atoms with E-state index in [-0.39, 0.29) is 5.75 Å². The van der Waals surface area contributed by atoms with E-state index < -0.39 is 19.6 Å². The van der Waals surface area contributed by atoms with Crippen LogP contribution in [0.5, 0.6) is 11.5 Å². The number of carbonyl (C=O) groups excluding carboxylic acids is 1. The Morgan fingerprint density at radius 3 is 2.40 bits per heavy atom. The van der Waals surface area contributed by atoms with Gasteiger partial charge in [0.2, 0.25) is 0 Å². The van der Waals surface area contributed by atoms with Gasteiger partial charge in [-0.2, -0.15) is 0 Å². The minimum atomic E-state index is -0.531. The zero-order chi connectivity index (χ0) is 17.9. The molecule has 0 aliphatic rings. The summed E-state index contributed by atoms with van der Waals surface area (Å²) >= 11 is 0. The van der Waals surface area contributed by atoms with Crippen molar-refractivity contribution < 1.29 is 29.2 Å². The number of hydrogen-bond acceptors (Lipinski definition) is 6. The van der Waals surface area contributed by atoms with Crippen LogP contribution in [-0.4, -0.2) is 36.4 Å². The second kappa shape index (κ2) is 10.1. The van der Waals surface area contributed by atoms with E-state index in [1.165, 1.54) is 6.08 Å². The lowest BCUT2D eigenvalue weighted by molar-refractivity contribution is -0.137. The Balaban J connectivity index is 1.89. The van der Waals surface area contributed by atoms with Gasteiger partial charge in [-0.15, -0.1) is 0 Å². The first-order chi connectivity index (χ1) is 12.2. The average molecular weight is 344 g/mol. The molecule has 0 aliphatic carbocycles. The largest absolute Gasteiger partial charge is 0.464 e. The normalized spacial score (nSPS) is 10.6. The predicted molar refractivity (Wildman–Crippen MR) is 92.0 cm³/mol. The minimum absolute atomic E-state index is 0.260. The monoisotopic (exact) mass is 344 g/mol. The zero-order valence-corrected chi connectivity index (χ0v) is 13.6. The number of hydrogen-bond donors (Lipinski definition) is 2. The first-order valence-corrected chi connectivity index (χ1v) is 7.73. The van der Waals surface area contributed by atoms with Crippen LogP contribution >= 0.6 is 0 Å². The lowest BCUT2D eigenvalue weighted by Gasteiger charge is -2.10. The summed E-state index contributed by atoms with van der Waals surface area (Å²) in [5.41, 5.74) is 1.76. The van der Waals surface area contributed by atoms with Gasteiger partial charge in [-0.25, -0.2) is 4.79 Å². The van der Waals surface area contributed by atoms with Crippen molar-refractivity contribution in [1.82, 2.24) is 0 Å². The van der Waals surface area contributed by atoms with Gasteiger partial charge in [-0.3, -0.25) is 0 Å². The van der Waals surface area contributed by atoms with Crippen molar-refractivity contribution in [1.29, 1.82) is 0 Å². The van der Waals surface area contributed by atoms with Gasteiger partial charge in [-0.1, -0.05) is 36.4 Å². The third-order valence-electron chi connectivity index (χ3n) is 3.30. The van der Waals surface area contributed by atoms with Crippen molar-refractivity contribution >= 4 is 12.0 Å². The molecule has 0 radical (unpaired) electrons. The van der Waals surface area contributed by atoms with E-state index in [2.05, 4.69) is 0 Å². The molecule has 132 valence electrons. The van der Waals surface area contributed by atoms with Gasteiger partial charge in [0.15, 0.2) is 25.1 Å². The Bertz CT molecular complexity index is 696. The smallest absolute Gasteiger partial charge is 0.330 e. The van der Waals surface area contributed by atoms with Gasteiger partial charge >= 0.3 is 5.97 Å². The molecule has 6 heteroatoms. The Morgan fingerprint density at radius 1 is 0.960 bits per heavy atom. The molecule has 0 unspecified atom stereocenters. The molecule has 2 aromatic rings. The first-order valence-electron chi connectivity index (χ1n) is 7.73. The first kappa shape index (κ1) is 18.5. The highest BCUT2D eigenvalue weighted by molar-refractivity contribution is 5.87. The van der Waals surface area contributed by atoms with Crippen LogP contribution in [0.2, 0.25) is 0 Å². The van der Waals surface area contributed by atoms with Crippen molar-refractivity contribution in [3.05, 3.63) is 65.7 Å². The van der Waals surface area contributed by atoms with Crippen LogP contribution < -0.4 is 9.47 Å². The van der Waals surface area contributed by atoms with Gasteiger partial charge in [0, 0.05) is 12.5 Å². The van der Waals surface area contributed by atoms with Gasteiger partial charge in [0.1, 0.15) is 0 Å². The lowest BCUT2D eigenvalue weighted by Crippen LogP contribution is -2.04. The third-order valence-corrected chi connectivity index (χ3v) is 3.30. The molecule has 2 rings (SSSR count). The number of rotatable bonds is 9. The van der Waals surface area contributed by atoms with E-state index >= 15 is 0 Å². The molecule has 0 atom stereocenters. The molecule has 0 aromatic heterocycles. The molecule has 2 aromatic carbocycles. The second-order valence-corrected chi connectivity index (χ2v) is 4.99. The zero-order valence-electron chi connectivity index (χ0n) is 13.6. The lowest BCUT2D eigenvalue weighted by atomic mass is 10.2. The highest BCUT2D eigenvalue weighted by Gasteiger charge is 2.06. The van der Waals surface area contributed by atoms with Gasteiger partial charge in [-0.05, 0) is 29.3 Å². The summed E-state index contributed by atoms with van der Waals surface area (Å²) in [7, 11) is 0. The van der Waals surface area contributed by atoms with E-state index in [0.29, 0.717) is 24.3 Å². The molecule has 0 saturated heterocycles. The molecule has 0 amide bonds. The van der Waals surface area contributed by atoms with Gasteiger partial charge < -0.3 is 24.4 Å². The van der Waals surface area contributed by atoms with Crippen molar-refractivity contribution in [2.45, 2.75) is 6.42 Å². The van der Waals surface area contributed by atoms with Crippen molar-refractivity contribution in [3.8, 4) is 11.5 Å². The molecule has 2 N–H and O–H groups in total. The molecule has 0 heterocycles. The quantitative estimate of drug-likeness (QED) is 0.412. The fourth-order valence-electron chi connectivity index (χ4n) is 2.13. The molecular weight excluding hydrogens is 324 g/mol. The molecular formula is C19H20O6. The number of aliphatic hydroxyl groups excluding tert-OH is 2. The van der Waals surface area contributed by atoms with Crippen LogP contribution in [0.3, 0.4) is 0 Å². The molecule has 0 bridgehead atoms. The SMILES string of the molecule is O=C(/C=C/c1ccc(OCO)c(OCO)c1)OCCc1ccccc1. The predicted octanol–water partition coefficient (Wildman–Crippen LogP) is 2.14. The molecule has 0 saturated carbocycles. The summed E-state index contributed by atoms with van der Waals surface area (Å²) < 4.78 is 15.1. The van der Waals surface area contributed by atoms with E-state index in [0.717, 1.165) is 5.56 Å². The van der Waals surface area contributed by atoms with Crippen LogP contribution in [0.4, 0.5) is 0 Å². The van der Waals surface area contributed by atoms with E-state index in [1.54, 1.807) is 24.3 Å². The van der Waals surface area contributed by atoms with E-state index in [1.807, 2.05) is 30.3 Å². The molecule has 0 aliphatic heterocycles. The fraction of sp³-hybridized carbons (Fsp3) is 0.211. The number of ether oxygens (including phenoxy) is 3. The molecule has 6 nitrogen and oxygen atoms in total. The summed E-state index contributed by atoms with van der Waals surface area (Å²) in [6.45, 7) is -0.740. The van der Waals surface area contributed by atoms with Gasteiger partial charge in [0.05, 0.1) is 6.61 Å². The number of esters is 1. The summed E-state index contributed by atoms with van der Waals surface area (Å²) in [4.78, 5) is 11.7. The summed E-state index contributed by atoms with van der Waals surface area (Å²) in [6.07, 6.45) is 3.54. The highest BCUT2D eigenvalue weighted by atomic mass is 16.6. The molecule has 0 fully saturated rings. The van der Waals surface area contributed by atoms with Crippen molar-refractivity contribution in [2.75, 3.05) is 20.2 Å². The van der Waals surface area contributed by atoms with Crippen LogP contribution in [0.25, 0.3) is 6.08 Å². The van der Waals surface area contributed by atoms with E-state index in [4.69, 9.17) is 24.4 Å². The molecule has 0 spiro atoms. The van der Waals surface area contributed by atoms with Crippen LogP contribution in [0, 0.1) is 0 Å². The van der Waals surface area contributed by atoms with Crippen molar-refractivity contribution in [2.24, 2.45) is 0 Å². The maximum atomic E-state index is 11.7. The van der Waals surface area contributed by atoms with Crippen LogP contribution in [-0.2, 0) is 16.0 Å². The topological polar surface area (TPSA) is 85.2 Å².